The number of imide groups is 1. The molecule has 0 saturated carbocycles. The molecule has 0 spiro atoms. The zero-order chi connectivity index (χ0) is 23.9. The predicted octanol–water partition coefficient (Wildman–Crippen LogP) is 6.84. The van der Waals surface area contributed by atoms with Crippen LogP contribution in [0.4, 0.5) is 4.79 Å². The van der Waals surface area contributed by atoms with Crippen LogP contribution in [0.25, 0.3) is 21.3 Å². The first kappa shape index (κ1) is 22.4. The summed E-state index contributed by atoms with van der Waals surface area (Å²) in [6.07, 6.45) is 1.02. The molecule has 1 aliphatic heterocycles. The third-order valence-corrected chi connectivity index (χ3v) is 6.89. The normalized spacial score (nSPS) is 17.6. The summed E-state index contributed by atoms with van der Waals surface area (Å²) < 4.78 is 17.2. The SMILES string of the molecule is CCCc1cc(-c2nsc3cc(Cl)ccc23)ccc1Oc1cccc([C@@]2(C)OC(=O)NC2=O)c1. The number of benzene rings is 3. The number of fused-ring (bicyclic) bond motifs is 1. The molecule has 2 amide bonds. The highest BCUT2D eigenvalue weighted by Crippen LogP contribution is 2.37. The van der Waals surface area contributed by atoms with Crippen LogP contribution in [0.3, 0.4) is 0 Å². The third kappa shape index (κ3) is 4.02. The van der Waals surface area contributed by atoms with Crippen molar-refractivity contribution in [2.45, 2.75) is 32.3 Å². The number of nitrogens with zero attached hydrogens (tertiary/aromatic N) is 1. The highest BCUT2D eigenvalue weighted by atomic mass is 35.5. The fourth-order valence-corrected chi connectivity index (χ4v) is 5.13. The van der Waals surface area contributed by atoms with E-state index in [1.54, 1.807) is 25.1 Å². The van der Waals surface area contributed by atoms with Crippen molar-refractivity contribution < 1.29 is 19.1 Å². The first-order valence-electron chi connectivity index (χ1n) is 10.9. The summed E-state index contributed by atoms with van der Waals surface area (Å²) in [6.45, 7) is 3.68. The number of aryl methyl sites for hydroxylation is 1. The lowest BCUT2D eigenvalue weighted by atomic mass is 9.95. The van der Waals surface area contributed by atoms with Gasteiger partial charge in [0.1, 0.15) is 11.5 Å². The van der Waals surface area contributed by atoms with Crippen molar-refractivity contribution in [3.05, 3.63) is 76.8 Å². The van der Waals surface area contributed by atoms with Crippen LogP contribution in [-0.4, -0.2) is 16.4 Å². The van der Waals surface area contributed by atoms with Crippen molar-refractivity contribution in [2.24, 2.45) is 0 Å². The molecule has 172 valence electrons. The summed E-state index contributed by atoms with van der Waals surface area (Å²) in [5.74, 6) is 0.777. The van der Waals surface area contributed by atoms with Gasteiger partial charge < -0.3 is 9.47 Å². The van der Waals surface area contributed by atoms with Crippen LogP contribution in [0.1, 0.15) is 31.4 Å². The number of ether oxygens (including phenoxy) is 2. The minimum absolute atomic E-state index is 0.498. The van der Waals surface area contributed by atoms with E-state index in [4.69, 9.17) is 21.1 Å². The Morgan fingerprint density at radius 1 is 1.12 bits per heavy atom. The van der Waals surface area contributed by atoms with Crippen molar-refractivity contribution in [3.63, 3.8) is 0 Å². The number of hydrogen-bond donors (Lipinski definition) is 1. The van der Waals surface area contributed by atoms with Gasteiger partial charge in [-0.2, -0.15) is 4.37 Å². The molecule has 0 aliphatic carbocycles. The summed E-state index contributed by atoms with van der Waals surface area (Å²) in [4.78, 5) is 23.8. The van der Waals surface area contributed by atoms with E-state index in [0.717, 1.165) is 45.5 Å². The predicted molar refractivity (Wildman–Crippen MR) is 133 cm³/mol. The van der Waals surface area contributed by atoms with Crippen LogP contribution in [-0.2, 0) is 21.6 Å². The van der Waals surface area contributed by atoms with Gasteiger partial charge in [-0.3, -0.25) is 10.1 Å². The number of alkyl carbamates (subject to hydrolysis) is 1. The van der Waals surface area contributed by atoms with Crippen LogP contribution < -0.4 is 10.1 Å². The van der Waals surface area contributed by atoms with Gasteiger partial charge in [-0.1, -0.05) is 37.1 Å². The summed E-state index contributed by atoms with van der Waals surface area (Å²) in [7, 11) is 0. The van der Waals surface area contributed by atoms with Crippen LogP contribution in [0, 0.1) is 0 Å². The Morgan fingerprint density at radius 3 is 2.74 bits per heavy atom. The van der Waals surface area contributed by atoms with E-state index in [0.29, 0.717) is 16.3 Å². The van der Waals surface area contributed by atoms with Gasteiger partial charge in [0, 0.05) is 21.5 Å². The summed E-state index contributed by atoms with van der Waals surface area (Å²) in [6, 6.07) is 18.9. The van der Waals surface area contributed by atoms with Crippen molar-refractivity contribution >= 4 is 45.2 Å². The molecule has 1 aliphatic rings. The first-order valence-corrected chi connectivity index (χ1v) is 12.0. The maximum atomic E-state index is 12.3. The molecule has 3 aromatic carbocycles. The van der Waals surface area contributed by atoms with Gasteiger partial charge in [-0.15, -0.1) is 0 Å². The van der Waals surface area contributed by atoms with E-state index in [9.17, 15) is 9.59 Å². The number of carbonyl (C=O) groups excluding carboxylic acids is 2. The molecule has 0 radical (unpaired) electrons. The van der Waals surface area contributed by atoms with Crippen molar-refractivity contribution in [2.75, 3.05) is 0 Å². The van der Waals surface area contributed by atoms with E-state index in [1.807, 2.05) is 36.4 Å². The largest absolute Gasteiger partial charge is 0.457 e. The summed E-state index contributed by atoms with van der Waals surface area (Å²) >= 11 is 7.56. The average molecular weight is 493 g/mol. The highest BCUT2D eigenvalue weighted by molar-refractivity contribution is 7.13. The van der Waals surface area contributed by atoms with Crippen molar-refractivity contribution in [3.8, 4) is 22.8 Å². The second-order valence-corrected chi connectivity index (χ2v) is 9.49. The Bertz CT molecular complexity index is 1430. The van der Waals surface area contributed by atoms with Crippen molar-refractivity contribution in [1.29, 1.82) is 0 Å². The van der Waals surface area contributed by atoms with Gasteiger partial charge in [0.15, 0.2) is 0 Å². The number of rotatable bonds is 6. The molecule has 4 aromatic rings. The molecule has 1 saturated heterocycles. The molecule has 8 heteroatoms. The fraction of sp³-hybridized carbons (Fsp3) is 0.192. The van der Waals surface area contributed by atoms with E-state index in [1.165, 1.54) is 11.5 Å². The van der Waals surface area contributed by atoms with Crippen LogP contribution >= 0.6 is 23.1 Å². The van der Waals surface area contributed by atoms with Gasteiger partial charge in [0.25, 0.3) is 5.91 Å². The van der Waals surface area contributed by atoms with Gasteiger partial charge in [0.2, 0.25) is 5.60 Å². The van der Waals surface area contributed by atoms with Gasteiger partial charge >= 0.3 is 6.09 Å². The zero-order valence-electron chi connectivity index (χ0n) is 18.6. The third-order valence-electron chi connectivity index (χ3n) is 5.85. The Morgan fingerprint density at radius 2 is 1.97 bits per heavy atom. The minimum atomic E-state index is -1.39. The van der Waals surface area contributed by atoms with Crippen LogP contribution in [0.15, 0.2) is 60.7 Å². The van der Waals surface area contributed by atoms with E-state index < -0.39 is 17.6 Å². The van der Waals surface area contributed by atoms with Crippen LogP contribution in [0.5, 0.6) is 11.5 Å². The molecule has 6 nitrogen and oxygen atoms in total. The smallest absolute Gasteiger partial charge is 0.415 e. The Balaban J connectivity index is 1.48. The van der Waals surface area contributed by atoms with Gasteiger partial charge in [-0.05, 0) is 79.0 Å². The number of halogens is 1. The molecule has 1 fully saturated rings. The number of amides is 2. The van der Waals surface area contributed by atoms with E-state index in [2.05, 4.69) is 22.7 Å². The second-order valence-electron chi connectivity index (χ2n) is 8.25. The molecule has 1 aromatic heterocycles. The zero-order valence-corrected chi connectivity index (χ0v) is 20.1. The maximum Gasteiger partial charge on any atom is 0.415 e. The number of nitrogens with one attached hydrogen (secondary N) is 1. The molecule has 5 rings (SSSR count). The molecule has 34 heavy (non-hydrogen) atoms. The first-order chi connectivity index (χ1) is 16.4. The fourth-order valence-electron chi connectivity index (χ4n) is 4.05. The maximum absolute atomic E-state index is 12.3. The quantitative estimate of drug-likeness (QED) is 0.318. The Kier molecular flexibility index (Phi) is 5.75. The number of aromatic nitrogens is 1. The summed E-state index contributed by atoms with van der Waals surface area (Å²) in [5.41, 5.74) is 2.14. The van der Waals surface area contributed by atoms with Gasteiger partial charge in [-0.25, -0.2) is 4.79 Å². The topological polar surface area (TPSA) is 77.5 Å². The van der Waals surface area contributed by atoms with E-state index >= 15 is 0 Å². The lowest BCUT2D eigenvalue weighted by Gasteiger charge is -2.20. The minimum Gasteiger partial charge on any atom is -0.457 e. The Hall–Kier alpha value is -3.42. The molecule has 0 bridgehead atoms. The molecule has 0 unspecified atom stereocenters. The number of cyclic esters (lactones) is 1. The number of hydrogen-bond acceptors (Lipinski definition) is 6. The molecular formula is C26H21ClN2O4S. The monoisotopic (exact) mass is 492 g/mol. The summed E-state index contributed by atoms with van der Waals surface area (Å²) in [5, 5.41) is 3.94. The Labute approximate surface area is 205 Å². The lowest BCUT2D eigenvalue weighted by Crippen LogP contribution is -2.33. The molecule has 2 heterocycles. The standard InChI is InChI=1S/C26H21ClN2O4S/c1-3-5-15-12-16(23-20-10-9-18(27)14-22(20)34-29-23)8-11-21(15)32-19-7-4-6-17(13-19)26(2)24(30)28-25(31)33-26/h4,6-14H,3,5H2,1-2H3,(H,28,30,31)/t26-/m1/s1. The van der Waals surface area contributed by atoms with Crippen molar-refractivity contribution in [1.82, 2.24) is 9.69 Å². The molecule has 1 atom stereocenters. The molecule has 1 N–H and O–H groups in total. The average Bonchev–Trinajstić information content (AvgIpc) is 3.35. The lowest BCUT2D eigenvalue weighted by molar-refractivity contribution is -0.130. The van der Waals surface area contributed by atoms with E-state index in [-0.39, 0.29) is 0 Å². The van der Waals surface area contributed by atoms with Gasteiger partial charge in [0.05, 0.1) is 10.4 Å². The van der Waals surface area contributed by atoms with Crippen LogP contribution in [0.2, 0.25) is 5.02 Å². The number of carbonyl (C=O) groups is 2. The second kappa shape index (κ2) is 8.74. The molecular weight excluding hydrogens is 472 g/mol. The highest BCUT2D eigenvalue weighted by Gasteiger charge is 2.46.